The molecular weight excluding hydrogens is 302 g/mol. The molecule has 0 heterocycles. The Kier molecular flexibility index (Phi) is 6.36. The zero-order valence-electron chi connectivity index (χ0n) is 11.5. The van der Waals surface area contributed by atoms with Gasteiger partial charge in [0.05, 0.1) is 5.54 Å². The van der Waals surface area contributed by atoms with Gasteiger partial charge in [0.1, 0.15) is 5.75 Å². The van der Waals surface area contributed by atoms with E-state index in [0.29, 0.717) is 18.4 Å². The second-order valence-electron chi connectivity index (χ2n) is 5.07. The van der Waals surface area contributed by atoms with Crippen LogP contribution in [0.15, 0.2) is 24.3 Å². The van der Waals surface area contributed by atoms with Gasteiger partial charge in [0.2, 0.25) is 5.91 Å². The highest BCUT2D eigenvalue weighted by molar-refractivity contribution is 5.86. The lowest BCUT2D eigenvalue weighted by Gasteiger charge is -2.22. The molecule has 118 valence electrons. The van der Waals surface area contributed by atoms with Gasteiger partial charge in [-0.3, -0.25) is 4.79 Å². The molecule has 21 heavy (non-hydrogen) atoms. The van der Waals surface area contributed by atoms with Crippen molar-refractivity contribution in [2.75, 3.05) is 0 Å². The summed E-state index contributed by atoms with van der Waals surface area (Å²) in [5, 5.41) is 2.75. The molecule has 0 aliphatic heterocycles. The Morgan fingerprint density at radius 3 is 2.67 bits per heavy atom. The van der Waals surface area contributed by atoms with Crippen LogP contribution in [0.4, 0.5) is 8.78 Å². The molecule has 1 saturated carbocycles. The number of amides is 1. The fraction of sp³-hybridized carbons (Fsp3) is 0.500. The van der Waals surface area contributed by atoms with Gasteiger partial charge in [-0.05, 0) is 30.5 Å². The predicted octanol–water partition coefficient (Wildman–Crippen LogP) is 2.60. The smallest absolute Gasteiger partial charge is 0.387 e. The van der Waals surface area contributed by atoms with E-state index in [1.807, 2.05) is 0 Å². The zero-order chi connectivity index (χ0) is 14.6. The van der Waals surface area contributed by atoms with E-state index in [1.54, 1.807) is 12.1 Å². The summed E-state index contributed by atoms with van der Waals surface area (Å²) >= 11 is 0. The first kappa shape index (κ1) is 17.7. The lowest BCUT2D eigenvalue weighted by Crippen LogP contribution is -2.51. The van der Waals surface area contributed by atoms with Gasteiger partial charge in [-0.15, -0.1) is 12.4 Å². The topological polar surface area (TPSA) is 64.4 Å². The Morgan fingerprint density at radius 1 is 1.38 bits per heavy atom. The summed E-state index contributed by atoms with van der Waals surface area (Å²) in [6, 6.07) is 6.26. The van der Waals surface area contributed by atoms with Gasteiger partial charge in [-0.1, -0.05) is 25.0 Å². The number of nitrogens with one attached hydrogen (secondary N) is 1. The largest absolute Gasteiger partial charge is 0.435 e. The Morgan fingerprint density at radius 2 is 2.05 bits per heavy atom. The van der Waals surface area contributed by atoms with Gasteiger partial charge in [0.15, 0.2) is 0 Å². The van der Waals surface area contributed by atoms with Gasteiger partial charge in [0.25, 0.3) is 0 Å². The third-order valence-electron chi connectivity index (χ3n) is 3.52. The molecule has 0 saturated heterocycles. The number of hydrogen-bond acceptors (Lipinski definition) is 3. The number of nitrogens with two attached hydrogens (primary N) is 1. The maximum Gasteiger partial charge on any atom is 0.387 e. The Bertz CT molecular complexity index is 480. The number of carbonyl (C=O) groups is 1. The number of benzene rings is 1. The summed E-state index contributed by atoms with van der Waals surface area (Å²) in [5.41, 5.74) is 5.94. The van der Waals surface area contributed by atoms with Crippen LogP contribution in [0, 0.1) is 0 Å². The summed E-state index contributed by atoms with van der Waals surface area (Å²) < 4.78 is 28.5. The van der Waals surface area contributed by atoms with Gasteiger partial charge < -0.3 is 15.8 Å². The lowest BCUT2D eigenvalue weighted by molar-refractivity contribution is -0.126. The molecule has 0 aromatic heterocycles. The van der Waals surface area contributed by atoms with Crippen molar-refractivity contribution < 1.29 is 18.3 Å². The van der Waals surface area contributed by atoms with Crippen molar-refractivity contribution in [3.05, 3.63) is 29.8 Å². The van der Waals surface area contributed by atoms with E-state index in [2.05, 4.69) is 10.1 Å². The van der Waals surface area contributed by atoms with E-state index in [9.17, 15) is 13.6 Å². The van der Waals surface area contributed by atoms with E-state index in [0.717, 1.165) is 12.8 Å². The van der Waals surface area contributed by atoms with Crippen molar-refractivity contribution in [3.63, 3.8) is 0 Å². The highest BCUT2D eigenvalue weighted by atomic mass is 35.5. The van der Waals surface area contributed by atoms with Crippen LogP contribution in [0.2, 0.25) is 0 Å². The lowest BCUT2D eigenvalue weighted by atomic mass is 9.98. The molecule has 1 aromatic rings. The molecule has 1 aliphatic rings. The van der Waals surface area contributed by atoms with Crippen molar-refractivity contribution in [1.29, 1.82) is 0 Å². The average molecular weight is 321 g/mol. The number of alkyl halides is 2. The number of carbonyl (C=O) groups excluding carboxylic acids is 1. The van der Waals surface area contributed by atoms with Crippen LogP contribution in [0.25, 0.3) is 0 Å². The molecule has 0 atom stereocenters. The fourth-order valence-corrected chi connectivity index (χ4v) is 2.42. The molecule has 1 aromatic carbocycles. The maximum absolute atomic E-state index is 12.1. The quantitative estimate of drug-likeness (QED) is 0.876. The van der Waals surface area contributed by atoms with Crippen LogP contribution in [-0.4, -0.2) is 18.1 Å². The third kappa shape index (κ3) is 4.82. The average Bonchev–Trinajstić information content (AvgIpc) is 2.84. The molecule has 1 fully saturated rings. The van der Waals surface area contributed by atoms with E-state index in [4.69, 9.17) is 5.73 Å². The second-order valence-corrected chi connectivity index (χ2v) is 5.07. The van der Waals surface area contributed by atoms with Gasteiger partial charge >= 0.3 is 6.61 Å². The van der Waals surface area contributed by atoms with Crippen LogP contribution >= 0.6 is 12.4 Å². The fourth-order valence-electron chi connectivity index (χ4n) is 2.42. The molecule has 3 N–H and O–H groups in total. The molecule has 0 unspecified atom stereocenters. The molecule has 2 rings (SSSR count). The standard InChI is InChI=1S/C14H18F2N2O2.ClH/c15-13(16)20-11-5-3-4-10(8-11)9-18-12(19)14(17)6-1-2-7-14;/h3-5,8,13H,1-2,6-7,9,17H2,(H,18,19);1H. The van der Waals surface area contributed by atoms with Crippen molar-refractivity contribution in [2.24, 2.45) is 5.73 Å². The van der Waals surface area contributed by atoms with Crippen LogP contribution in [-0.2, 0) is 11.3 Å². The summed E-state index contributed by atoms with van der Waals surface area (Å²) in [4.78, 5) is 12.0. The van der Waals surface area contributed by atoms with E-state index in [1.165, 1.54) is 12.1 Å². The minimum Gasteiger partial charge on any atom is -0.435 e. The maximum atomic E-state index is 12.1. The monoisotopic (exact) mass is 320 g/mol. The molecule has 1 aliphatic carbocycles. The third-order valence-corrected chi connectivity index (χ3v) is 3.52. The van der Waals surface area contributed by atoms with Gasteiger partial charge in [-0.25, -0.2) is 0 Å². The molecular formula is C14H19ClF2N2O2. The summed E-state index contributed by atoms with van der Waals surface area (Å²) in [7, 11) is 0. The van der Waals surface area contributed by atoms with Crippen molar-refractivity contribution in [2.45, 2.75) is 44.4 Å². The van der Waals surface area contributed by atoms with Crippen molar-refractivity contribution in [3.8, 4) is 5.75 Å². The summed E-state index contributed by atoms with van der Waals surface area (Å²) in [6.45, 7) is -2.61. The highest BCUT2D eigenvalue weighted by Crippen LogP contribution is 2.27. The minimum absolute atomic E-state index is 0. The van der Waals surface area contributed by atoms with Gasteiger partial charge in [0, 0.05) is 6.54 Å². The summed E-state index contributed by atoms with van der Waals surface area (Å²) in [6.07, 6.45) is 3.30. The van der Waals surface area contributed by atoms with Crippen LogP contribution in [0.1, 0.15) is 31.2 Å². The number of rotatable bonds is 5. The molecule has 7 heteroatoms. The van der Waals surface area contributed by atoms with E-state index >= 15 is 0 Å². The van der Waals surface area contributed by atoms with Gasteiger partial charge in [-0.2, -0.15) is 8.78 Å². The molecule has 0 bridgehead atoms. The predicted molar refractivity (Wildman–Crippen MR) is 77.6 cm³/mol. The molecule has 0 spiro atoms. The Labute approximate surface area is 128 Å². The highest BCUT2D eigenvalue weighted by Gasteiger charge is 2.36. The van der Waals surface area contributed by atoms with E-state index < -0.39 is 12.2 Å². The van der Waals surface area contributed by atoms with Crippen LogP contribution < -0.4 is 15.8 Å². The van der Waals surface area contributed by atoms with E-state index in [-0.39, 0.29) is 30.6 Å². The Hall–Kier alpha value is -1.40. The second kappa shape index (κ2) is 7.56. The first-order valence-electron chi connectivity index (χ1n) is 6.60. The van der Waals surface area contributed by atoms with Crippen molar-refractivity contribution >= 4 is 18.3 Å². The first-order valence-corrected chi connectivity index (χ1v) is 6.60. The number of halogens is 3. The first-order chi connectivity index (χ1) is 9.49. The SMILES string of the molecule is Cl.NC1(C(=O)NCc2cccc(OC(F)F)c2)CCCC1. The summed E-state index contributed by atoms with van der Waals surface area (Å²) in [5.74, 6) is -0.106. The molecule has 1 amide bonds. The normalized spacial score (nSPS) is 16.4. The Balaban J connectivity index is 0.00000220. The molecule has 0 radical (unpaired) electrons. The number of hydrogen-bond donors (Lipinski definition) is 2. The zero-order valence-corrected chi connectivity index (χ0v) is 12.3. The molecule has 4 nitrogen and oxygen atoms in total. The van der Waals surface area contributed by atoms with Crippen LogP contribution in [0.5, 0.6) is 5.75 Å². The number of ether oxygens (including phenoxy) is 1. The minimum atomic E-state index is -2.86. The van der Waals surface area contributed by atoms with Crippen molar-refractivity contribution in [1.82, 2.24) is 5.32 Å². The van der Waals surface area contributed by atoms with Crippen LogP contribution in [0.3, 0.4) is 0 Å².